The minimum Gasteiger partial charge on any atom is -0.497 e. The normalized spacial score (nSPS) is 28.3. The fraction of sp³-hybridized carbons (Fsp3) is 0.474. The molecule has 3 atom stereocenters. The maximum absolute atomic E-state index is 9.55. The van der Waals surface area contributed by atoms with Gasteiger partial charge in [-0.25, -0.2) is 9.59 Å². The molecule has 0 aromatic heterocycles. The Balaban J connectivity index is 0.000000226. The predicted octanol–water partition coefficient (Wildman–Crippen LogP) is 0.936. The molecule has 0 spiro atoms. The van der Waals surface area contributed by atoms with E-state index in [-0.39, 0.29) is 11.5 Å². The number of aliphatic carboxylic acids is 2. The van der Waals surface area contributed by atoms with Crippen LogP contribution in [0.5, 0.6) is 5.75 Å². The van der Waals surface area contributed by atoms with E-state index in [2.05, 4.69) is 23.5 Å². The van der Waals surface area contributed by atoms with Gasteiger partial charge in [0, 0.05) is 23.6 Å². The molecule has 8 heteroatoms. The zero-order valence-electron chi connectivity index (χ0n) is 15.0. The maximum Gasteiger partial charge on any atom is 0.328 e. The average molecular weight is 377 g/mol. The van der Waals surface area contributed by atoms with E-state index >= 15 is 0 Å². The second-order valence-corrected chi connectivity index (χ2v) is 6.76. The van der Waals surface area contributed by atoms with Crippen LogP contribution < -0.4 is 10.1 Å². The van der Waals surface area contributed by atoms with Gasteiger partial charge in [0.2, 0.25) is 0 Å². The molecule has 0 saturated carbocycles. The first-order chi connectivity index (χ1) is 13.0. The lowest BCUT2D eigenvalue weighted by molar-refractivity contribution is -0.204. The number of hydrogen-bond acceptors (Lipinski definition) is 6. The summed E-state index contributed by atoms with van der Waals surface area (Å²) in [5.74, 6) is -1.59. The first-order valence-corrected chi connectivity index (χ1v) is 8.70. The zero-order chi connectivity index (χ0) is 19.4. The van der Waals surface area contributed by atoms with Crippen LogP contribution in [0.2, 0.25) is 0 Å². The summed E-state index contributed by atoms with van der Waals surface area (Å²) in [4.78, 5) is 19.1. The highest BCUT2D eigenvalue weighted by Crippen LogP contribution is 2.46. The van der Waals surface area contributed by atoms with Crippen LogP contribution in [0.15, 0.2) is 30.4 Å². The molecule has 1 aromatic carbocycles. The van der Waals surface area contributed by atoms with Crippen molar-refractivity contribution < 1.29 is 34.0 Å². The number of benzene rings is 1. The average Bonchev–Trinajstić information content (AvgIpc) is 2.66. The van der Waals surface area contributed by atoms with Crippen LogP contribution in [0.1, 0.15) is 17.5 Å². The third kappa shape index (κ3) is 3.97. The Morgan fingerprint density at radius 3 is 2.70 bits per heavy atom. The number of methoxy groups -OCH3 is 1. The van der Waals surface area contributed by atoms with Gasteiger partial charge in [0.1, 0.15) is 12.5 Å². The summed E-state index contributed by atoms with van der Waals surface area (Å²) < 4.78 is 17.0. The van der Waals surface area contributed by atoms with Gasteiger partial charge in [-0.3, -0.25) is 0 Å². The minimum absolute atomic E-state index is 0.0102. The van der Waals surface area contributed by atoms with Crippen molar-refractivity contribution in [2.75, 3.05) is 27.1 Å². The highest BCUT2D eigenvalue weighted by Gasteiger charge is 2.53. The van der Waals surface area contributed by atoms with Crippen LogP contribution >= 0.6 is 0 Å². The molecule has 2 heterocycles. The van der Waals surface area contributed by atoms with Crippen molar-refractivity contribution in [3.05, 3.63) is 41.5 Å². The lowest BCUT2D eigenvalue weighted by atomic mass is 9.62. The third-order valence-corrected chi connectivity index (χ3v) is 5.24. The fourth-order valence-corrected chi connectivity index (χ4v) is 4.14. The van der Waals surface area contributed by atoms with E-state index in [1.165, 1.54) is 11.1 Å². The van der Waals surface area contributed by atoms with Gasteiger partial charge in [-0.1, -0.05) is 6.07 Å². The van der Waals surface area contributed by atoms with E-state index < -0.39 is 11.9 Å². The van der Waals surface area contributed by atoms with Gasteiger partial charge in [0.05, 0.1) is 19.8 Å². The number of nitrogens with one attached hydrogen (secondary N) is 1. The molecule has 0 amide bonds. The number of carbonyl (C=O) groups is 2. The van der Waals surface area contributed by atoms with E-state index in [0.29, 0.717) is 25.0 Å². The quantitative estimate of drug-likeness (QED) is 0.667. The molecule has 2 bridgehead atoms. The molecule has 1 aromatic rings. The van der Waals surface area contributed by atoms with Crippen LogP contribution in [-0.2, 0) is 30.9 Å². The van der Waals surface area contributed by atoms with Crippen LogP contribution in [0, 0.1) is 0 Å². The van der Waals surface area contributed by atoms with Crippen molar-refractivity contribution in [1.82, 2.24) is 5.32 Å². The topological polar surface area (TPSA) is 114 Å². The second-order valence-electron chi connectivity index (χ2n) is 6.76. The molecule has 2 fully saturated rings. The summed E-state index contributed by atoms with van der Waals surface area (Å²) in [7, 11) is 1.72. The number of rotatable bonds is 3. The van der Waals surface area contributed by atoms with E-state index in [9.17, 15) is 9.59 Å². The second kappa shape index (κ2) is 8.08. The lowest BCUT2D eigenvalue weighted by Crippen LogP contribution is -2.66. The number of piperidine rings is 1. The zero-order valence-corrected chi connectivity index (χ0v) is 15.0. The summed E-state index contributed by atoms with van der Waals surface area (Å²) >= 11 is 0. The molecular formula is C19H23NO7. The summed E-state index contributed by atoms with van der Waals surface area (Å²) in [6, 6.07) is 6.84. The van der Waals surface area contributed by atoms with Gasteiger partial charge in [0.15, 0.2) is 0 Å². The Kier molecular flexibility index (Phi) is 5.79. The maximum atomic E-state index is 9.55. The third-order valence-electron chi connectivity index (χ3n) is 5.24. The van der Waals surface area contributed by atoms with Crippen molar-refractivity contribution in [2.45, 2.75) is 30.4 Å². The Hall–Kier alpha value is -2.42. The van der Waals surface area contributed by atoms with Crippen molar-refractivity contribution in [2.24, 2.45) is 0 Å². The van der Waals surface area contributed by atoms with Gasteiger partial charge >= 0.3 is 11.9 Å². The van der Waals surface area contributed by atoms with Crippen LogP contribution in [0.3, 0.4) is 0 Å². The Bertz CT molecular complexity index is 728. The standard InChI is InChI=1S/C15H19NO3.C4H4O4/c1-17-11-3-2-10-6-13-14-15(4-5-16-13,12(10)7-11)8-18-9-19-14;5-3(6)1-2-4(7)8/h2-3,7,13-14,16H,4-6,8-9H2,1H3;1-2H,(H,5,6)(H,7,8)/b;2-1+/t13-,14+,15-;/m1./s1. The number of hydrogen-bond donors (Lipinski definition) is 3. The van der Waals surface area contributed by atoms with Gasteiger partial charge in [0.25, 0.3) is 0 Å². The van der Waals surface area contributed by atoms with E-state index in [1.54, 1.807) is 7.11 Å². The van der Waals surface area contributed by atoms with E-state index in [0.717, 1.165) is 31.7 Å². The lowest BCUT2D eigenvalue weighted by Gasteiger charge is -2.54. The molecular weight excluding hydrogens is 354 g/mol. The minimum atomic E-state index is -1.26. The molecule has 4 rings (SSSR count). The molecule has 0 unspecified atom stereocenters. The van der Waals surface area contributed by atoms with E-state index in [1.807, 2.05) is 0 Å². The smallest absolute Gasteiger partial charge is 0.328 e. The monoisotopic (exact) mass is 377 g/mol. The Morgan fingerprint density at radius 2 is 2.04 bits per heavy atom. The fourth-order valence-electron chi connectivity index (χ4n) is 4.14. The van der Waals surface area contributed by atoms with Crippen molar-refractivity contribution in [3.63, 3.8) is 0 Å². The predicted molar refractivity (Wildman–Crippen MR) is 94.9 cm³/mol. The van der Waals surface area contributed by atoms with Crippen LogP contribution in [-0.4, -0.2) is 61.4 Å². The van der Waals surface area contributed by atoms with Crippen molar-refractivity contribution >= 4 is 11.9 Å². The first-order valence-electron chi connectivity index (χ1n) is 8.70. The molecule has 27 heavy (non-hydrogen) atoms. The molecule has 2 saturated heterocycles. The molecule has 146 valence electrons. The van der Waals surface area contributed by atoms with Gasteiger partial charge < -0.3 is 29.7 Å². The van der Waals surface area contributed by atoms with E-state index in [4.69, 9.17) is 24.4 Å². The number of carboxylic acid groups (broad SMARTS) is 2. The summed E-state index contributed by atoms with van der Waals surface area (Å²) in [5, 5.41) is 19.2. The molecule has 0 radical (unpaired) electrons. The number of ether oxygens (including phenoxy) is 3. The molecule has 3 N–H and O–H groups in total. The van der Waals surface area contributed by atoms with Crippen molar-refractivity contribution in [3.8, 4) is 5.75 Å². The molecule has 1 aliphatic carbocycles. The highest BCUT2D eigenvalue weighted by atomic mass is 16.7. The molecule has 3 aliphatic rings. The molecule has 8 nitrogen and oxygen atoms in total. The number of fused-ring (bicyclic) bond motifs is 1. The Morgan fingerprint density at radius 1 is 1.30 bits per heavy atom. The Labute approximate surface area is 156 Å². The molecule has 2 aliphatic heterocycles. The summed E-state index contributed by atoms with van der Waals surface area (Å²) in [6.45, 7) is 2.21. The van der Waals surface area contributed by atoms with Gasteiger partial charge in [-0.05, 0) is 42.6 Å². The van der Waals surface area contributed by atoms with Crippen LogP contribution in [0.25, 0.3) is 0 Å². The number of carboxylic acids is 2. The highest BCUT2D eigenvalue weighted by molar-refractivity contribution is 5.89. The summed E-state index contributed by atoms with van der Waals surface area (Å²) in [5.41, 5.74) is 2.79. The largest absolute Gasteiger partial charge is 0.497 e. The van der Waals surface area contributed by atoms with Gasteiger partial charge in [-0.2, -0.15) is 0 Å². The van der Waals surface area contributed by atoms with Crippen LogP contribution in [0.4, 0.5) is 0 Å². The SMILES string of the molecule is COc1ccc2c(c1)[C@]13CCN[C@H](C2)[C@@H]1OCOC3.O=C(O)/C=C/C(=O)O. The van der Waals surface area contributed by atoms with Gasteiger partial charge in [-0.15, -0.1) is 0 Å². The summed E-state index contributed by atoms with van der Waals surface area (Å²) in [6.07, 6.45) is 3.44. The first kappa shape index (κ1) is 19.3. The van der Waals surface area contributed by atoms with Crippen molar-refractivity contribution in [1.29, 1.82) is 0 Å².